The highest BCUT2D eigenvalue weighted by Crippen LogP contribution is 2.31. The minimum absolute atomic E-state index is 0.448. The van der Waals surface area contributed by atoms with Gasteiger partial charge < -0.3 is 9.15 Å². The predicted octanol–water partition coefficient (Wildman–Crippen LogP) is 5.94. The van der Waals surface area contributed by atoms with Crippen LogP contribution in [0.3, 0.4) is 0 Å². The molecule has 0 aliphatic heterocycles. The summed E-state index contributed by atoms with van der Waals surface area (Å²) in [5, 5.41) is 18.6. The molecule has 2 heterocycles. The van der Waals surface area contributed by atoms with Crippen LogP contribution in [0.15, 0.2) is 88.4 Å². The monoisotopic (exact) mass is 475 g/mol. The number of hydrogen-bond acceptors (Lipinski definition) is 7. The number of nitrogens with zero attached hydrogens (tertiary/aromatic N) is 5. The van der Waals surface area contributed by atoms with E-state index in [1.807, 2.05) is 83.4 Å². The van der Waals surface area contributed by atoms with Crippen molar-refractivity contribution in [3.8, 4) is 34.3 Å². The first kappa shape index (κ1) is 21.2. The van der Waals surface area contributed by atoms with Crippen LogP contribution in [0.4, 0.5) is 0 Å². The van der Waals surface area contributed by atoms with E-state index in [1.54, 1.807) is 7.11 Å². The molecule has 5 aromatic rings. The molecule has 164 valence electrons. The Labute approximate surface area is 199 Å². The Bertz CT molecular complexity index is 1370. The van der Waals surface area contributed by atoms with Gasteiger partial charge in [-0.05, 0) is 48.5 Å². The van der Waals surface area contributed by atoms with Gasteiger partial charge in [-0.15, -0.1) is 20.4 Å². The molecule has 2 aromatic heterocycles. The van der Waals surface area contributed by atoms with Crippen molar-refractivity contribution < 1.29 is 9.15 Å². The Morgan fingerprint density at radius 2 is 1.67 bits per heavy atom. The average Bonchev–Trinajstić information content (AvgIpc) is 3.51. The molecule has 0 spiro atoms. The second-order valence-electron chi connectivity index (χ2n) is 7.01. The molecule has 0 unspecified atom stereocenters. The van der Waals surface area contributed by atoms with Crippen molar-refractivity contribution in [3.63, 3.8) is 0 Å². The number of methoxy groups -OCH3 is 1. The molecule has 0 bridgehead atoms. The Kier molecular flexibility index (Phi) is 6.10. The molecule has 3 aromatic carbocycles. The Morgan fingerprint density at radius 3 is 2.45 bits per heavy atom. The van der Waals surface area contributed by atoms with Gasteiger partial charge in [0.25, 0.3) is 0 Å². The standard InChI is InChI=1S/C24H18ClN5O2S/c1-31-20-9-5-8-17(14-20)22-27-29-24(30(22)19-12-10-18(25)11-13-19)33-15-21-26-28-23(32-21)16-6-3-2-4-7-16/h2-14H,15H2,1H3. The minimum atomic E-state index is 0.448. The van der Waals surface area contributed by atoms with E-state index in [-0.39, 0.29) is 0 Å². The highest BCUT2D eigenvalue weighted by molar-refractivity contribution is 7.98. The molecule has 0 saturated heterocycles. The molecule has 0 aliphatic carbocycles. The number of thioether (sulfide) groups is 1. The van der Waals surface area contributed by atoms with Gasteiger partial charge in [0.2, 0.25) is 11.8 Å². The molecular formula is C24H18ClN5O2S. The summed E-state index contributed by atoms with van der Waals surface area (Å²) in [6.45, 7) is 0. The zero-order chi connectivity index (χ0) is 22.6. The first-order valence-electron chi connectivity index (χ1n) is 10.1. The van der Waals surface area contributed by atoms with Crippen molar-refractivity contribution in [2.24, 2.45) is 0 Å². The third kappa shape index (κ3) is 4.62. The maximum Gasteiger partial charge on any atom is 0.247 e. The zero-order valence-electron chi connectivity index (χ0n) is 17.6. The summed E-state index contributed by atoms with van der Waals surface area (Å²) < 4.78 is 13.2. The molecule has 33 heavy (non-hydrogen) atoms. The van der Waals surface area contributed by atoms with E-state index < -0.39 is 0 Å². The van der Waals surface area contributed by atoms with Crippen molar-refractivity contribution in [1.29, 1.82) is 0 Å². The third-order valence-electron chi connectivity index (χ3n) is 4.86. The summed E-state index contributed by atoms with van der Waals surface area (Å²) >= 11 is 7.58. The maximum absolute atomic E-state index is 6.11. The van der Waals surface area contributed by atoms with E-state index in [0.29, 0.717) is 33.5 Å². The SMILES string of the molecule is COc1cccc(-c2nnc(SCc3nnc(-c4ccccc4)o3)n2-c2ccc(Cl)cc2)c1. The first-order valence-corrected chi connectivity index (χ1v) is 11.4. The number of halogens is 1. The maximum atomic E-state index is 6.11. The van der Waals surface area contributed by atoms with Crippen LogP contribution < -0.4 is 4.74 Å². The summed E-state index contributed by atoms with van der Waals surface area (Å²) in [4.78, 5) is 0. The zero-order valence-corrected chi connectivity index (χ0v) is 19.1. The number of hydrogen-bond donors (Lipinski definition) is 0. The predicted molar refractivity (Wildman–Crippen MR) is 128 cm³/mol. The topological polar surface area (TPSA) is 78.9 Å². The highest BCUT2D eigenvalue weighted by atomic mass is 35.5. The van der Waals surface area contributed by atoms with Crippen LogP contribution in [-0.4, -0.2) is 32.1 Å². The van der Waals surface area contributed by atoms with Crippen LogP contribution in [0.2, 0.25) is 5.02 Å². The molecule has 0 radical (unpaired) electrons. The molecule has 0 N–H and O–H groups in total. The molecule has 5 rings (SSSR count). The summed E-state index contributed by atoms with van der Waals surface area (Å²) in [5.74, 6) is 2.87. The van der Waals surface area contributed by atoms with E-state index in [1.165, 1.54) is 11.8 Å². The van der Waals surface area contributed by atoms with E-state index in [2.05, 4.69) is 20.4 Å². The molecule has 9 heteroatoms. The quantitative estimate of drug-likeness (QED) is 0.269. The third-order valence-corrected chi connectivity index (χ3v) is 6.02. The fourth-order valence-electron chi connectivity index (χ4n) is 3.27. The lowest BCUT2D eigenvalue weighted by Gasteiger charge is -2.11. The molecule has 0 atom stereocenters. The van der Waals surface area contributed by atoms with Gasteiger partial charge in [0.05, 0.1) is 12.9 Å². The van der Waals surface area contributed by atoms with Crippen LogP contribution in [-0.2, 0) is 5.75 Å². The van der Waals surface area contributed by atoms with Crippen LogP contribution in [0, 0.1) is 0 Å². The normalized spacial score (nSPS) is 11.0. The van der Waals surface area contributed by atoms with Crippen LogP contribution in [0.5, 0.6) is 5.75 Å². The molecular weight excluding hydrogens is 458 g/mol. The van der Waals surface area contributed by atoms with Gasteiger partial charge in [0, 0.05) is 21.8 Å². The van der Waals surface area contributed by atoms with E-state index in [9.17, 15) is 0 Å². The van der Waals surface area contributed by atoms with Crippen LogP contribution in [0.1, 0.15) is 5.89 Å². The largest absolute Gasteiger partial charge is 0.497 e. The number of benzene rings is 3. The Hall–Kier alpha value is -3.62. The summed E-state index contributed by atoms with van der Waals surface area (Å²) in [6.07, 6.45) is 0. The van der Waals surface area contributed by atoms with E-state index in [4.69, 9.17) is 20.8 Å². The van der Waals surface area contributed by atoms with E-state index >= 15 is 0 Å². The van der Waals surface area contributed by atoms with Gasteiger partial charge in [-0.2, -0.15) is 0 Å². The minimum Gasteiger partial charge on any atom is -0.497 e. The van der Waals surface area contributed by atoms with E-state index in [0.717, 1.165) is 22.6 Å². The van der Waals surface area contributed by atoms with Gasteiger partial charge >= 0.3 is 0 Å². The summed E-state index contributed by atoms with van der Waals surface area (Å²) in [6, 6.07) is 24.9. The van der Waals surface area contributed by atoms with Gasteiger partial charge in [0.15, 0.2) is 11.0 Å². The smallest absolute Gasteiger partial charge is 0.247 e. The van der Waals surface area contributed by atoms with Gasteiger partial charge in [-0.3, -0.25) is 4.57 Å². The van der Waals surface area contributed by atoms with Crippen LogP contribution in [0.25, 0.3) is 28.5 Å². The van der Waals surface area contributed by atoms with Crippen molar-refractivity contribution >= 4 is 23.4 Å². The second-order valence-corrected chi connectivity index (χ2v) is 8.38. The van der Waals surface area contributed by atoms with Crippen LogP contribution >= 0.6 is 23.4 Å². The van der Waals surface area contributed by atoms with Gasteiger partial charge in [-0.1, -0.05) is 53.7 Å². The lowest BCUT2D eigenvalue weighted by molar-refractivity contribution is 0.415. The molecule has 0 aliphatic rings. The molecule has 0 amide bonds. The fraction of sp³-hybridized carbons (Fsp3) is 0.0833. The summed E-state index contributed by atoms with van der Waals surface area (Å²) in [5.41, 5.74) is 2.65. The second kappa shape index (κ2) is 9.48. The number of aromatic nitrogens is 5. The Morgan fingerprint density at radius 1 is 0.879 bits per heavy atom. The van der Waals surface area contributed by atoms with Gasteiger partial charge in [0.1, 0.15) is 5.75 Å². The molecule has 7 nitrogen and oxygen atoms in total. The molecule has 0 fully saturated rings. The number of ether oxygens (including phenoxy) is 1. The van der Waals surface area contributed by atoms with Crippen molar-refractivity contribution in [2.75, 3.05) is 7.11 Å². The lowest BCUT2D eigenvalue weighted by Crippen LogP contribution is -2.00. The van der Waals surface area contributed by atoms with Gasteiger partial charge in [-0.25, -0.2) is 0 Å². The van der Waals surface area contributed by atoms with Crippen molar-refractivity contribution in [3.05, 3.63) is 89.8 Å². The fourth-order valence-corrected chi connectivity index (χ4v) is 4.19. The Balaban J connectivity index is 1.47. The summed E-state index contributed by atoms with van der Waals surface area (Å²) in [7, 11) is 1.64. The lowest BCUT2D eigenvalue weighted by atomic mass is 10.2. The van der Waals surface area contributed by atoms with Crippen molar-refractivity contribution in [2.45, 2.75) is 10.9 Å². The highest BCUT2D eigenvalue weighted by Gasteiger charge is 2.18. The van der Waals surface area contributed by atoms with Crippen molar-refractivity contribution in [1.82, 2.24) is 25.0 Å². The first-order chi connectivity index (χ1) is 16.2. The average molecular weight is 476 g/mol. The molecule has 0 saturated carbocycles. The number of rotatable bonds is 7.